The number of carbonyl (C=O) groups is 2. The SMILES string of the molecule is CN(C)C(=O)CCC(=O)N1CCC[C@@H](CCc2c(F)cccc2F)C1. The largest absolute Gasteiger partial charge is 0.349 e. The molecule has 1 atom stereocenters. The highest BCUT2D eigenvalue weighted by Crippen LogP contribution is 2.24. The molecule has 25 heavy (non-hydrogen) atoms. The lowest BCUT2D eigenvalue weighted by Gasteiger charge is -2.33. The van der Waals surface area contributed by atoms with Crippen molar-refractivity contribution in [3.05, 3.63) is 35.4 Å². The van der Waals surface area contributed by atoms with Crippen LogP contribution in [0.5, 0.6) is 0 Å². The molecule has 1 aliphatic rings. The minimum Gasteiger partial charge on any atom is -0.349 e. The molecule has 1 saturated heterocycles. The van der Waals surface area contributed by atoms with Gasteiger partial charge in [0.2, 0.25) is 11.8 Å². The van der Waals surface area contributed by atoms with Crippen molar-refractivity contribution < 1.29 is 18.4 Å². The maximum atomic E-state index is 13.7. The smallest absolute Gasteiger partial charge is 0.223 e. The fourth-order valence-corrected chi connectivity index (χ4v) is 3.24. The van der Waals surface area contributed by atoms with Gasteiger partial charge < -0.3 is 9.80 Å². The third kappa shape index (κ3) is 5.51. The van der Waals surface area contributed by atoms with E-state index in [4.69, 9.17) is 0 Å². The molecule has 0 unspecified atom stereocenters. The van der Waals surface area contributed by atoms with Gasteiger partial charge in [0.15, 0.2) is 0 Å². The minimum atomic E-state index is -0.508. The van der Waals surface area contributed by atoms with E-state index >= 15 is 0 Å². The van der Waals surface area contributed by atoms with Gasteiger partial charge in [0, 0.05) is 45.6 Å². The van der Waals surface area contributed by atoms with Crippen LogP contribution >= 0.6 is 0 Å². The van der Waals surface area contributed by atoms with Crippen LogP contribution in [0, 0.1) is 17.6 Å². The summed E-state index contributed by atoms with van der Waals surface area (Å²) in [5.41, 5.74) is 0.127. The fourth-order valence-electron chi connectivity index (χ4n) is 3.24. The lowest BCUT2D eigenvalue weighted by molar-refractivity contribution is -0.137. The minimum absolute atomic E-state index is 0.0167. The average Bonchev–Trinajstić information content (AvgIpc) is 2.59. The quantitative estimate of drug-likeness (QED) is 0.790. The van der Waals surface area contributed by atoms with Crippen LogP contribution in [-0.4, -0.2) is 48.8 Å². The van der Waals surface area contributed by atoms with E-state index in [0.29, 0.717) is 25.9 Å². The van der Waals surface area contributed by atoms with E-state index in [1.165, 1.54) is 23.1 Å². The lowest BCUT2D eigenvalue weighted by Crippen LogP contribution is -2.40. The van der Waals surface area contributed by atoms with E-state index < -0.39 is 11.6 Å². The zero-order chi connectivity index (χ0) is 18.4. The van der Waals surface area contributed by atoms with Gasteiger partial charge >= 0.3 is 0 Å². The summed E-state index contributed by atoms with van der Waals surface area (Å²) in [5, 5.41) is 0. The summed E-state index contributed by atoms with van der Waals surface area (Å²) in [7, 11) is 3.34. The zero-order valence-corrected chi connectivity index (χ0v) is 14.9. The number of likely N-dealkylation sites (tertiary alicyclic amines) is 1. The second-order valence-corrected chi connectivity index (χ2v) is 6.88. The first-order chi connectivity index (χ1) is 11.9. The molecule has 0 spiro atoms. The molecule has 0 bridgehead atoms. The van der Waals surface area contributed by atoms with Crippen molar-refractivity contribution in [3.8, 4) is 0 Å². The Morgan fingerprint density at radius 3 is 2.52 bits per heavy atom. The molecule has 0 radical (unpaired) electrons. The number of nitrogens with zero attached hydrogens (tertiary/aromatic N) is 2. The second-order valence-electron chi connectivity index (χ2n) is 6.88. The van der Waals surface area contributed by atoms with Crippen molar-refractivity contribution in [2.75, 3.05) is 27.2 Å². The summed E-state index contributed by atoms with van der Waals surface area (Å²) in [6.07, 6.45) is 3.26. The van der Waals surface area contributed by atoms with Gasteiger partial charge in [-0.15, -0.1) is 0 Å². The molecule has 6 heteroatoms. The highest BCUT2D eigenvalue weighted by atomic mass is 19.1. The second kappa shape index (κ2) is 8.92. The first-order valence-electron chi connectivity index (χ1n) is 8.79. The third-order valence-corrected chi connectivity index (χ3v) is 4.79. The molecule has 2 amide bonds. The normalized spacial score (nSPS) is 17.4. The van der Waals surface area contributed by atoms with E-state index in [0.717, 1.165) is 12.8 Å². The maximum Gasteiger partial charge on any atom is 0.223 e. The van der Waals surface area contributed by atoms with E-state index in [-0.39, 0.29) is 36.1 Å². The molecule has 0 aliphatic carbocycles. The van der Waals surface area contributed by atoms with Gasteiger partial charge in [-0.05, 0) is 43.7 Å². The number of piperidine rings is 1. The van der Waals surface area contributed by atoms with Crippen molar-refractivity contribution in [2.45, 2.75) is 38.5 Å². The Labute approximate surface area is 147 Å². The Morgan fingerprint density at radius 2 is 1.88 bits per heavy atom. The van der Waals surface area contributed by atoms with Gasteiger partial charge in [-0.3, -0.25) is 9.59 Å². The summed E-state index contributed by atoms with van der Waals surface area (Å²) < 4.78 is 27.4. The highest BCUT2D eigenvalue weighted by Gasteiger charge is 2.24. The summed E-state index contributed by atoms with van der Waals surface area (Å²) >= 11 is 0. The number of benzene rings is 1. The topological polar surface area (TPSA) is 40.6 Å². The van der Waals surface area contributed by atoms with Crippen LogP contribution in [0.15, 0.2) is 18.2 Å². The van der Waals surface area contributed by atoms with E-state index in [2.05, 4.69) is 0 Å². The standard InChI is InChI=1S/C19H26F2N2O2/c1-22(2)18(24)10-11-19(25)23-12-4-5-14(13-23)8-9-15-16(20)6-3-7-17(15)21/h3,6-7,14H,4-5,8-13H2,1-2H3/t14-/m0/s1. The van der Waals surface area contributed by atoms with Crippen LogP contribution in [-0.2, 0) is 16.0 Å². The van der Waals surface area contributed by atoms with E-state index in [1.54, 1.807) is 19.0 Å². The maximum absolute atomic E-state index is 13.7. The molecule has 1 aromatic rings. The van der Waals surface area contributed by atoms with Crippen LogP contribution in [0.25, 0.3) is 0 Å². The molecule has 1 heterocycles. The molecule has 138 valence electrons. The first-order valence-corrected chi connectivity index (χ1v) is 8.79. The highest BCUT2D eigenvalue weighted by molar-refractivity contribution is 5.83. The predicted octanol–water partition coefficient (Wildman–Crippen LogP) is 3.00. The van der Waals surface area contributed by atoms with Gasteiger partial charge in [0.1, 0.15) is 11.6 Å². The van der Waals surface area contributed by atoms with Crippen LogP contribution < -0.4 is 0 Å². The number of amides is 2. The first kappa shape index (κ1) is 19.3. The van der Waals surface area contributed by atoms with Crippen molar-refractivity contribution in [2.24, 2.45) is 5.92 Å². The Kier molecular flexibility index (Phi) is 6.91. The Morgan fingerprint density at radius 1 is 1.20 bits per heavy atom. The Balaban J connectivity index is 1.84. The number of hydrogen-bond donors (Lipinski definition) is 0. The molecule has 1 aliphatic heterocycles. The summed E-state index contributed by atoms with van der Waals surface area (Å²) in [4.78, 5) is 27.2. The molecular weight excluding hydrogens is 326 g/mol. The van der Waals surface area contributed by atoms with Crippen LogP contribution in [0.2, 0.25) is 0 Å². The molecular formula is C19H26F2N2O2. The zero-order valence-electron chi connectivity index (χ0n) is 14.9. The monoisotopic (exact) mass is 352 g/mol. The van der Waals surface area contributed by atoms with E-state index in [1.807, 2.05) is 0 Å². The van der Waals surface area contributed by atoms with Crippen LogP contribution in [0.3, 0.4) is 0 Å². The van der Waals surface area contributed by atoms with Crippen LogP contribution in [0.4, 0.5) is 8.78 Å². The number of hydrogen-bond acceptors (Lipinski definition) is 2. The summed E-state index contributed by atoms with van der Waals surface area (Å²) in [5.74, 6) is -0.855. The van der Waals surface area contributed by atoms with Crippen molar-refractivity contribution in [1.82, 2.24) is 9.80 Å². The lowest BCUT2D eigenvalue weighted by atomic mass is 9.91. The predicted molar refractivity (Wildman–Crippen MR) is 91.9 cm³/mol. The molecule has 4 nitrogen and oxygen atoms in total. The van der Waals surface area contributed by atoms with Crippen LogP contribution in [0.1, 0.15) is 37.7 Å². The molecule has 1 aromatic carbocycles. The molecule has 1 fully saturated rings. The fraction of sp³-hybridized carbons (Fsp3) is 0.579. The average molecular weight is 352 g/mol. The van der Waals surface area contributed by atoms with Gasteiger partial charge in [0.05, 0.1) is 0 Å². The Bertz CT molecular complexity index is 599. The number of carbonyl (C=O) groups excluding carboxylic acids is 2. The number of halogens is 2. The molecule has 2 rings (SSSR count). The number of rotatable bonds is 6. The van der Waals surface area contributed by atoms with Gasteiger partial charge in [-0.25, -0.2) is 8.78 Å². The van der Waals surface area contributed by atoms with Crippen molar-refractivity contribution in [1.29, 1.82) is 0 Å². The summed E-state index contributed by atoms with van der Waals surface area (Å²) in [6, 6.07) is 3.91. The summed E-state index contributed by atoms with van der Waals surface area (Å²) in [6.45, 7) is 1.30. The third-order valence-electron chi connectivity index (χ3n) is 4.79. The van der Waals surface area contributed by atoms with E-state index in [9.17, 15) is 18.4 Å². The van der Waals surface area contributed by atoms with Gasteiger partial charge in [-0.2, -0.15) is 0 Å². The van der Waals surface area contributed by atoms with Crippen molar-refractivity contribution >= 4 is 11.8 Å². The van der Waals surface area contributed by atoms with Gasteiger partial charge in [0.25, 0.3) is 0 Å². The molecule has 0 aromatic heterocycles. The molecule has 0 saturated carbocycles. The molecule has 0 N–H and O–H groups in total. The van der Waals surface area contributed by atoms with Crippen molar-refractivity contribution in [3.63, 3.8) is 0 Å². The van der Waals surface area contributed by atoms with Gasteiger partial charge in [-0.1, -0.05) is 6.07 Å². The Hall–Kier alpha value is -1.98.